The van der Waals surface area contributed by atoms with E-state index in [2.05, 4.69) is 10.1 Å². The second-order valence-electron chi connectivity index (χ2n) is 4.28. The molecule has 2 aromatic rings. The summed E-state index contributed by atoms with van der Waals surface area (Å²) in [6, 6.07) is 10.3. The van der Waals surface area contributed by atoms with Gasteiger partial charge in [-0.15, -0.1) is 0 Å². The molecule has 0 unspecified atom stereocenters. The Balaban J connectivity index is 2.17. The molecule has 6 heteroatoms. The summed E-state index contributed by atoms with van der Waals surface area (Å²) in [4.78, 5) is 11.6. The molecular formula is C15H12Cl3NO2. The van der Waals surface area contributed by atoms with E-state index in [-0.39, 0.29) is 0 Å². The molecular weight excluding hydrogens is 333 g/mol. The lowest BCUT2D eigenvalue weighted by Crippen LogP contribution is -2.05. The van der Waals surface area contributed by atoms with Crippen molar-refractivity contribution in [2.75, 3.05) is 12.4 Å². The number of carbonyl (C=O) groups excluding carboxylic acids is 1. The summed E-state index contributed by atoms with van der Waals surface area (Å²) in [5.41, 5.74) is 1.90. The van der Waals surface area contributed by atoms with Crippen LogP contribution in [0.2, 0.25) is 15.1 Å². The molecule has 0 aliphatic heterocycles. The van der Waals surface area contributed by atoms with Crippen LogP contribution < -0.4 is 5.32 Å². The summed E-state index contributed by atoms with van der Waals surface area (Å²) in [7, 11) is 1.31. The van der Waals surface area contributed by atoms with Crippen molar-refractivity contribution >= 4 is 46.5 Å². The second-order valence-corrected chi connectivity index (χ2v) is 5.53. The maximum absolute atomic E-state index is 11.6. The van der Waals surface area contributed by atoms with E-state index in [1.165, 1.54) is 7.11 Å². The first-order chi connectivity index (χ1) is 10.0. The number of nitrogens with one attached hydrogen (secondary N) is 1. The number of carbonyl (C=O) groups is 1. The molecule has 21 heavy (non-hydrogen) atoms. The summed E-state index contributed by atoms with van der Waals surface area (Å²) >= 11 is 18.0. The minimum absolute atomic E-state index is 0.307. The fourth-order valence-electron chi connectivity index (χ4n) is 1.78. The van der Waals surface area contributed by atoms with Gasteiger partial charge < -0.3 is 10.1 Å². The van der Waals surface area contributed by atoms with E-state index in [1.807, 2.05) is 0 Å². The van der Waals surface area contributed by atoms with Gasteiger partial charge >= 0.3 is 5.97 Å². The first-order valence-corrected chi connectivity index (χ1v) is 7.20. The van der Waals surface area contributed by atoms with Gasteiger partial charge in [-0.25, -0.2) is 4.79 Å². The highest BCUT2D eigenvalue weighted by atomic mass is 35.5. The summed E-state index contributed by atoms with van der Waals surface area (Å²) in [5.74, 6) is -0.482. The maximum atomic E-state index is 11.6. The number of anilines is 1. The van der Waals surface area contributed by atoms with Crippen molar-refractivity contribution < 1.29 is 9.53 Å². The largest absolute Gasteiger partial charge is 0.465 e. The Bertz CT molecular complexity index is 674. The molecule has 0 amide bonds. The van der Waals surface area contributed by atoms with Crippen molar-refractivity contribution in [1.82, 2.24) is 0 Å². The van der Waals surface area contributed by atoms with E-state index < -0.39 is 5.97 Å². The van der Waals surface area contributed by atoms with E-state index in [9.17, 15) is 4.79 Å². The van der Waals surface area contributed by atoms with Gasteiger partial charge in [0, 0.05) is 22.3 Å². The quantitative estimate of drug-likeness (QED) is 0.789. The normalized spacial score (nSPS) is 10.3. The van der Waals surface area contributed by atoms with E-state index in [1.54, 1.807) is 36.4 Å². The Morgan fingerprint density at radius 1 is 1.10 bits per heavy atom. The van der Waals surface area contributed by atoms with Crippen LogP contribution in [-0.2, 0) is 11.3 Å². The van der Waals surface area contributed by atoms with E-state index in [4.69, 9.17) is 34.8 Å². The van der Waals surface area contributed by atoms with Crippen molar-refractivity contribution in [3.63, 3.8) is 0 Å². The number of benzene rings is 2. The average Bonchev–Trinajstić information content (AvgIpc) is 2.48. The van der Waals surface area contributed by atoms with Gasteiger partial charge in [0.1, 0.15) is 0 Å². The van der Waals surface area contributed by atoms with Crippen LogP contribution in [0.5, 0.6) is 0 Å². The molecule has 0 radical (unpaired) electrons. The molecule has 2 aromatic carbocycles. The SMILES string of the molecule is COC(=O)c1cc(NCc2cc(Cl)ccc2Cl)ccc1Cl. The lowest BCUT2D eigenvalue weighted by atomic mass is 10.2. The fraction of sp³-hybridized carbons (Fsp3) is 0.133. The van der Waals surface area contributed by atoms with E-state index in [0.717, 1.165) is 11.3 Å². The van der Waals surface area contributed by atoms with Gasteiger partial charge in [-0.1, -0.05) is 34.8 Å². The van der Waals surface area contributed by atoms with Crippen LogP contribution in [0.4, 0.5) is 5.69 Å². The van der Waals surface area contributed by atoms with Gasteiger partial charge in [0.05, 0.1) is 17.7 Å². The first kappa shape index (κ1) is 16.0. The number of methoxy groups -OCH3 is 1. The van der Waals surface area contributed by atoms with Crippen LogP contribution in [0.1, 0.15) is 15.9 Å². The van der Waals surface area contributed by atoms with Crippen LogP contribution in [0, 0.1) is 0 Å². The minimum atomic E-state index is -0.482. The zero-order chi connectivity index (χ0) is 15.4. The van der Waals surface area contributed by atoms with Crippen LogP contribution in [-0.4, -0.2) is 13.1 Å². The monoisotopic (exact) mass is 343 g/mol. The molecule has 0 fully saturated rings. The molecule has 0 spiro atoms. The second kappa shape index (κ2) is 7.03. The van der Waals surface area contributed by atoms with E-state index in [0.29, 0.717) is 27.2 Å². The summed E-state index contributed by atoms with van der Waals surface area (Å²) < 4.78 is 4.68. The topological polar surface area (TPSA) is 38.3 Å². The number of esters is 1. The van der Waals surface area contributed by atoms with Gasteiger partial charge in [0.2, 0.25) is 0 Å². The van der Waals surface area contributed by atoms with Gasteiger partial charge in [-0.05, 0) is 42.0 Å². The van der Waals surface area contributed by atoms with Crippen molar-refractivity contribution in [3.05, 3.63) is 62.6 Å². The fourth-order valence-corrected chi connectivity index (χ4v) is 2.35. The van der Waals surface area contributed by atoms with Crippen molar-refractivity contribution in [3.8, 4) is 0 Å². The van der Waals surface area contributed by atoms with Crippen molar-refractivity contribution in [2.24, 2.45) is 0 Å². The predicted octanol–water partition coefficient (Wildman–Crippen LogP) is 5.05. The third-order valence-corrected chi connectivity index (χ3v) is 3.80. The zero-order valence-corrected chi connectivity index (χ0v) is 13.4. The Hall–Kier alpha value is -1.42. The molecule has 0 saturated carbocycles. The van der Waals surface area contributed by atoms with Crippen LogP contribution in [0.25, 0.3) is 0 Å². The molecule has 1 N–H and O–H groups in total. The molecule has 2 rings (SSSR count). The Morgan fingerprint density at radius 3 is 2.52 bits per heavy atom. The zero-order valence-electron chi connectivity index (χ0n) is 11.1. The molecule has 0 heterocycles. The highest BCUT2D eigenvalue weighted by Gasteiger charge is 2.11. The van der Waals surface area contributed by atoms with Crippen LogP contribution >= 0.6 is 34.8 Å². The highest BCUT2D eigenvalue weighted by molar-refractivity contribution is 6.34. The highest BCUT2D eigenvalue weighted by Crippen LogP contribution is 2.24. The Kier molecular flexibility index (Phi) is 5.34. The summed E-state index contributed by atoms with van der Waals surface area (Å²) in [5, 5.41) is 4.74. The number of rotatable bonds is 4. The Labute approximate surface area is 137 Å². The number of ether oxygens (including phenoxy) is 1. The summed E-state index contributed by atoms with van der Waals surface area (Å²) in [6.45, 7) is 0.474. The van der Waals surface area contributed by atoms with Gasteiger partial charge in [-0.2, -0.15) is 0 Å². The van der Waals surface area contributed by atoms with Crippen molar-refractivity contribution in [1.29, 1.82) is 0 Å². The average molecular weight is 345 g/mol. The molecule has 0 bridgehead atoms. The maximum Gasteiger partial charge on any atom is 0.339 e. The van der Waals surface area contributed by atoms with Gasteiger partial charge in [0.25, 0.3) is 0 Å². The lowest BCUT2D eigenvalue weighted by Gasteiger charge is -2.10. The van der Waals surface area contributed by atoms with Crippen molar-refractivity contribution in [2.45, 2.75) is 6.54 Å². The van der Waals surface area contributed by atoms with Gasteiger partial charge in [0.15, 0.2) is 0 Å². The molecule has 3 nitrogen and oxygen atoms in total. The van der Waals surface area contributed by atoms with E-state index >= 15 is 0 Å². The Morgan fingerprint density at radius 2 is 1.81 bits per heavy atom. The lowest BCUT2D eigenvalue weighted by molar-refractivity contribution is 0.0601. The van der Waals surface area contributed by atoms with Crippen LogP contribution in [0.3, 0.4) is 0 Å². The molecule has 0 aromatic heterocycles. The number of hydrogen-bond donors (Lipinski definition) is 1. The number of hydrogen-bond acceptors (Lipinski definition) is 3. The number of halogens is 3. The minimum Gasteiger partial charge on any atom is -0.465 e. The third kappa shape index (κ3) is 4.03. The molecule has 0 aliphatic carbocycles. The molecule has 0 saturated heterocycles. The smallest absolute Gasteiger partial charge is 0.339 e. The standard InChI is InChI=1S/C15H12Cl3NO2/c1-21-15(20)12-7-11(3-5-14(12)18)19-8-9-6-10(16)2-4-13(9)17/h2-7,19H,8H2,1H3. The molecule has 110 valence electrons. The summed E-state index contributed by atoms with van der Waals surface area (Å²) in [6.07, 6.45) is 0. The third-order valence-electron chi connectivity index (χ3n) is 2.86. The first-order valence-electron chi connectivity index (χ1n) is 6.07. The van der Waals surface area contributed by atoms with Gasteiger partial charge in [-0.3, -0.25) is 0 Å². The molecule has 0 aliphatic rings. The molecule has 0 atom stereocenters. The van der Waals surface area contributed by atoms with Crippen LogP contribution in [0.15, 0.2) is 36.4 Å². The predicted molar refractivity (Wildman–Crippen MR) is 86.6 cm³/mol.